The van der Waals surface area contributed by atoms with Gasteiger partial charge in [-0.1, -0.05) is 44.5 Å². The number of pyridine rings is 1. The lowest BCUT2D eigenvalue weighted by Gasteiger charge is -2.36. The van der Waals surface area contributed by atoms with E-state index in [2.05, 4.69) is 90.3 Å². The smallest absolute Gasteiger partial charge is 0.0705 e. The zero-order chi connectivity index (χ0) is 23.0. The standard InChI is InChI=1S/C27H27N3.C3H8.H2/c1-20-13-14-22(18-25(20)26-11-5-6-16-28-26)29-27-12-7-8-21-19-30(17-15-24(21)27)23-9-3-2-4-10-23;1-3-2;/h5-8,11-14,16,18,23,29H,3,9-10,15,17,19H2,1H3;3H2,1-2H3;1H. The van der Waals surface area contributed by atoms with Crippen molar-refractivity contribution in [2.24, 2.45) is 0 Å². The van der Waals surface area contributed by atoms with Gasteiger partial charge in [-0.05, 0) is 66.8 Å². The molecule has 3 aromatic rings. The summed E-state index contributed by atoms with van der Waals surface area (Å²) in [7, 11) is 0. The maximum absolute atomic E-state index is 4.54. The minimum Gasteiger partial charge on any atom is -0.355 e. The topological polar surface area (TPSA) is 28.2 Å². The second kappa shape index (κ2) is 11.2. The van der Waals surface area contributed by atoms with Crippen LogP contribution in [-0.4, -0.2) is 22.5 Å². The van der Waals surface area contributed by atoms with Gasteiger partial charge in [0.15, 0.2) is 0 Å². The van der Waals surface area contributed by atoms with Gasteiger partial charge in [-0.25, -0.2) is 0 Å². The van der Waals surface area contributed by atoms with E-state index in [1.165, 1.54) is 40.8 Å². The van der Waals surface area contributed by atoms with Crippen LogP contribution in [0.1, 0.15) is 57.6 Å². The number of fused-ring (bicyclic) bond motifs is 1. The first kappa shape index (κ1) is 23.1. The molecular formula is C30H37N3. The van der Waals surface area contributed by atoms with Crippen LogP contribution in [0.2, 0.25) is 0 Å². The Morgan fingerprint density at radius 1 is 1.09 bits per heavy atom. The summed E-state index contributed by atoms with van der Waals surface area (Å²) in [6.45, 7) is 8.54. The summed E-state index contributed by atoms with van der Waals surface area (Å²) in [6, 6.07) is 19.9. The van der Waals surface area contributed by atoms with Crippen LogP contribution < -0.4 is 5.32 Å². The van der Waals surface area contributed by atoms with E-state index in [-0.39, 0.29) is 1.43 Å². The molecule has 0 amide bonds. The zero-order valence-electron chi connectivity index (χ0n) is 20.2. The van der Waals surface area contributed by atoms with E-state index >= 15 is 0 Å². The van der Waals surface area contributed by atoms with Gasteiger partial charge in [-0.3, -0.25) is 9.88 Å². The fraction of sp³-hybridized carbons (Fsp3) is 0.367. The molecule has 33 heavy (non-hydrogen) atoms. The number of aryl methyl sites for hydroxylation is 1. The summed E-state index contributed by atoms with van der Waals surface area (Å²) < 4.78 is 0. The first-order valence-corrected chi connectivity index (χ1v) is 12.3. The summed E-state index contributed by atoms with van der Waals surface area (Å²) in [5.74, 6) is 6.55. The Labute approximate surface area is 200 Å². The molecule has 2 aliphatic rings. The van der Waals surface area contributed by atoms with Crippen LogP contribution in [-0.2, 0) is 13.0 Å². The molecule has 2 aromatic carbocycles. The molecule has 2 heterocycles. The molecule has 0 radical (unpaired) electrons. The molecule has 0 spiro atoms. The minimum atomic E-state index is 0. The predicted molar refractivity (Wildman–Crippen MR) is 142 cm³/mol. The van der Waals surface area contributed by atoms with Crippen molar-refractivity contribution >= 4 is 11.4 Å². The molecule has 1 aromatic heterocycles. The van der Waals surface area contributed by atoms with Crippen LogP contribution in [0.15, 0.2) is 60.8 Å². The molecule has 1 aliphatic carbocycles. The van der Waals surface area contributed by atoms with E-state index in [0.717, 1.165) is 43.7 Å². The molecule has 0 saturated carbocycles. The maximum atomic E-state index is 4.54. The molecular weight excluding hydrogens is 402 g/mol. The van der Waals surface area contributed by atoms with Gasteiger partial charge in [-0.2, -0.15) is 0 Å². The fourth-order valence-corrected chi connectivity index (χ4v) is 4.64. The Morgan fingerprint density at radius 3 is 2.73 bits per heavy atom. The van der Waals surface area contributed by atoms with Crippen molar-refractivity contribution in [3.05, 3.63) is 77.5 Å². The molecule has 1 aliphatic heterocycles. The first-order valence-electron chi connectivity index (χ1n) is 12.3. The molecule has 1 N–H and O–H groups in total. The van der Waals surface area contributed by atoms with Gasteiger partial charge in [0.1, 0.15) is 0 Å². The molecule has 5 rings (SSSR count). The van der Waals surface area contributed by atoms with Crippen molar-refractivity contribution in [1.29, 1.82) is 0 Å². The summed E-state index contributed by atoms with van der Waals surface area (Å²) in [4.78, 5) is 7.17. The average Bonchev–Trinajstić information content (AvgIpc) is 2.86. The monoisotopic (exact) mass is 439 g/mol. The number of rotatable bonds is 4. The molecule has 1 atom stereocenters. The third-order valence-electron chi connectivity index (χ3n) is 6.33. The first-order chi connectivity index (χ1) is 16.2. The number of aromatic nitrogens is 1. The van der Waals surface area contributed by atoms with Gasteiger partial charge in [0.25, 0.3) is 0 Å². The van der Waals surface area contributed by atoms with Gasteiger partial charge < -0.3 is 5.32 Å². The number of anilines is 2. The summed E-state index contributed by atoms with van der Waals surface area (Å²) in [6.07, 6.45) is 7.46. The molecule has 3 nitrogen and oxygen atoms in total. The number of hydrogen-bond acceptors (Lipinski definition) is 3. The van der Waals surface area contributed by atoms with Crippen molar-refractivity contribution in [3.63, 3.8) is 0 Å². The highest BCUT2D eigenvalue weighted by atomic mass is 15.2. The van der Waals surface area contributed by atoms with Crippen molar-refractivity contribution in [1.82, 2.24) is 9.88 Å². The van der Waals surface area contributed by atoms with Gasteiger partial charge in [0.2, 0.25) is 0 Å². The predicted octanol–water partition coefficient (Wildman–Crippen LogP) is 7.38. The number of nitrogens with one attached hydrogen (secondary N) is 1. The lowest BCUT2D eigenvalue weighted by molar-refractivity contribution is 0.171. The Balaban J connectivity index is 0.000000771. The van der Waals surface area contributed by atoms with E-state index in [1.54, 1.807) is 0 Å². The highest BCUT2D eigenvalue weighted by Gasteiger charge is 2.25. The second-order valence-electron chi connectivity index (χ2n) is 8.99. The quantitative estimate of drug-likeness (QED) is 0.430. The van der Waals surface area contributed by atoms with Crippen LogP contribution in [0.3, 0.4) is 0 Å². The molecule has 172 valence electrons. The highest BCUT2D eigenvalue weighted by molar-refractivity contribution is 5.73. The number of benzene rings is 2. The molecule has 3 heteroatoms. The summed E-state index contributed by atoms with van der Waals surface area (Å²) >= 11 is 0. The fourth-order valence-electron chi connectivity index (χ4n) is 4.64. The number of hydrogen-bond donors (Lipinski definition) is 1. The zero-order valence-corrected chi connectivity index (χ0v) is 20.2. The number of nitrogens with zero attached hydrogens (tertiary/aromatic N) is 2. The molecule has 0 fully saturated rings. The third kappa shape index (κ3) is 5.64. The molecule has 0 bridgehead atoms. The van der Waals surface area contributed by atoms with Crippen molar-refractivity contribution in [2.45, 2.75) is 65.5 Å². The van der Waals surface area contributed by atoms with Crippen molar-refractivity contribution in [3.8, 4) is 23.1 Å². The van der Waals surface area contributed by atoms with Gasteiger partial charge in [0.05, 0.1) is 5.69 Å². The Hall–Kier alpha value is -3.09. The maximum Gasteiger partial charge on any atom is 0.0705 e. The van der Waals surface area contributed by atoms with Crippen LogP contribution >= 0.6 is 0 Å². The molecule has 0 saturated heterocycles. The van der Waals surface area contributed by atoms with Crippen molar-refractivity contribution in [2.75, 3.05) is 11.9 Å². The third-order valence-corrected chi connectivity index (χ3v) is 6.33. The average molecular weight is 440 g/mol. The Morgan fingerprint density at radius 2 is 1.97 bits per heavy atom. The van der Waals surface area contributed by atoms with E-state index < -0.39 is 0 Å². The van der Waals surface area contributed by atoms with Gasteiger partial charge in [0, 0.05) is 56.5 Å². The van der Waals surface area contributed by atoms with E-state index in [9.17, 15) is 0 Å². The molecule has 1 unspecified atom stereocenters. The van der Waals surface area contributed by atoms with Crippen molar-refractivity contribution < 1.29 is 1.43 Å². The van der Waals surface area contributed by atoms with Crippen LogP contribution in [0.4, 0.5) is 11.4 Å². The second-order valence-corrected chi connectivity index (χ2v) is 8.99. The van der Waals surface area contributed by atoms with E-state index in [4.69, 9.17) is 0 Å². The minimum absolute atomic E-state index is 0. The van der Waals surface area contributed by atoms with E-state index in [0.29, 0.717) is 6.04 Å². The summed E-state index contributed by atoms with van der Waals surface area (Å²) in [5.41, 5.74) is 8.67. The van der Waals surface area contributed by atoms with Crippen LogP contribution in [0.25, 0.3) is 11.3 Å². The van der Waals surface area contributed by atoms with Crippen LogP contribution in [0.5, 0.6) is 0 Å². The Bertz CT molecular complexity index is 1130. The normalized spacial score (nSPS) is 17.1. The summed E-state index contributed by atoms with van der Waals surface area (Å²) in [5, 5.41) is 3.70. The Kier molecular flexibility index (Phi) is 7.81. The SMILES string of the molecule is CCC.Cc1ccc(Nc2cccc3c2CCN(C2CC#CCC2)C3)cc1-c1ccccn1.[HH]. The largest absolute Gasteiger partial charge is 0.355 e. The lowest BCUT2D eigenvalue weighted by atomic mass is 9.94. The van der Waals surface area contributed by atoms with E-state index in [1.807, 2.05) is 18.3 Å². The highest BCUT2D eigenvalue weighted by Crippen LogP contribution is 2.32. The lowest BCUT2D eigenvalue weighted by Crippen LogP contribution is -2.39. The van der Waals surface area contributed by atoms with Gasteiger partial charge in [-0.15, -0.1) is 11.8 Å². The van der Waals surface area contributed by atoms with Gasteiger partial charge >= 0.3 is 0 Å². The van der Waals surface area contributed by atoms with Crippen LogP contribution in [0, 0.1) is 18.8 Å².